The van der Waals surface area contributed by atoms with Gasteiger partial charge in [-0.2, -0.15) is 4.31 Å². The molecule has 0 unspecified atom stereocenters. The van der Waals surface area contributed by atoms with Gasteiger partial charge in [-0.1, -0.05) is 36.4 Å². The average molecular weight is 395 g/mol. The molecule has 3 aromatic rings. The van der Waals surface area contributed by atoms with Crippen molar-refractivity contribution in [2.75, 3.05) is 18.4 Å². The number of para-hydroxylation sites is 2. The van der Waals surface area contributed by atoms with Gasteiger partial charge in [0.2, 0.25) is 15.9 Å². The molecular formula is C21H21N3O3S. The Bertz CT molecular complexity index is 1090. The molecule has 0 aliphatic carbocycles. The van der Waals surface area contributed by atoms with Crippen LogP contribution in [0.25, 0.3) is 10.9 Å². The third-order valence-corrected chi connectivity index (χ3v) is 7.01. The third-order valence-electron chi connectivity index (χ3n) is 5.08. The molecule has 1 amide bonds. The van der Waals surface area contributed by atoms with Gasteiger partial charge in [-0.15, -0.1) is 0 Å². The molecule has 0 radical (unpaired) electrons. The van der Waals surface area contributed by atoms with E-state index in [1.807, 2.05) is 42.5 Å². The molecule has 28 heavy (non-hydrogen) atoms. The maximum absolute atomic E-state index is 13.2. The van der Waals surface area contributed by atoms with Gasteiger partial charge in [0.1, 0.15) is 4.90 Å². The third kappa shape index (κ3) is 3.63. The van der Waals surface area contributed by atoms with E-state index < -0.39 is 10.0 Å². The fraction of sp³-hybridized carbons (Fsp3) is 0.238. The zero-order chi connectivity index (χ0) is 19.6. The first-order chi connectivity index (χ1) is 13.6. The molecule has 0 atom stereocenters. The highest BCUT2D eigenvalue weighted by molar-refractivity contribution is 7.89. The van der Waals surface area contributed by atoms with Crippen molar-refractivity contribution in [1.82, 2.24) is 9.29 Å². The first-order valence-corrected chi connectivity index (χ1v) is 10.7. The Kier molecular flexibility index (Phi) is 5.11. The molecule has 4 rings (SSSR count). The summed E-state index contributed by atoms with van der Waals surface area (Å²) in [4.78, 5) is 17.0. The summed E-state index contributed by atoms with van der Waals surface area (Å²) in [6, 6.07) is 18.1. The summed E-state index contributed by atoms with van der Waals surface area (Å²) < 4.78 is 27.8. The van der Waals surface area contributed by atoms with Crippen LogP contribution in [-0.4, -0.2) is 36.7 Å². The van der Waals surface area contributed by atoms with E-state index in [0.717, 1.165) is 11.1 Å². The highest BCUT2D eigenvalue weighted by atomic mass is 32.2. The van der Waals surface area contributed by atoms with E-state index in [2.05, 4.69) is 10.3 Å². The van der Waals surface area contributed by atoms with E-state index in [9.17, 15) is 13.2 Å². The number of benzene rings is 2. The molecule has 1 N–H and O–H groups in total. The van der Waals surface area contributed by atoms with E-state index in [4.69, 9.17) is 0 Å². The molecule has 0 spiro atoms. The highest BCUT2D eigenvalue weighted by Gasteiger charge is 2.33. The number of pyridine rings is 1. The average Bonchev–Trinajstić information content (AvgIpc) is 2.74. The van der Waals surface area contributed by atoms with E-state index in [0.29, 0.717) is 31.4 Å². The molecule has 1 saturated heterocycles. The second-order valence-electron chi connectivity index (χ2n) is 6.86. The quantitative estimate of drug-likeness (QED) is 0.735. The van der Waals surface area contributed by atoms with E-state index >= 15 is 0 Å². The number of amides is 1. The number of anilines is 1. The van der Waals surface area contributed by atoms with E-state index in [-0.39, 0.29) is 16.7 Å². The Labute approximate surface area is 164 Å². The molecule has 0 bridgehead atoms. The van der Waals surface area contributed by atoms with E-state index in [1.54, 1.807) is 24.4 Å². The molecule has 0 saturated carbocycles. The van der Waals surface area contributed by atoms with Crippen LogP contribution in [0.2, 0.25) is 0 Å². The molecule has 7 heteroatoms. The summed E-state index contributed by atoms with van der Waals surface area (Å²) in [5.41, 5.74) is 1.23. The molecule has 1 aromatic heterocycles. The van der Waals surface area contributed by atoms with Crippen LogP contribution in [0.15, 0.2) is 71.8 Å². The Morgan fingerprint density at radius 2 is 1.68 bits per heavy atom. The number of aromatic nitrogens is 1. The minimum Gasteiger partial charge on any atom is -0.326 e. The lowest BCUT2D eigenvalue weighted by molar-refractivity contribution is -0.120. The summed E-state index contributed by atoms with van der Waals surface area (Å²) in [6.45, 7) is 0.636. The molecule has 6 nitrogen and oxygen atoms in total. The van der Waals surface area contributed by atoms with Crippen LogP contribution >= 0.6 is 0 Å². The van der Waals surface area contributed by atoms with Gasteiger partial charge in [-0.25, -0.2) is 8.42 Å². The normalized spacial score (nSPS) is 16.1. The largest absolute Gasteiger partial charge is 0.326 e. The number of rotatable bonds is 4. The number of nitrogens with one attached hydrogen (secondary N) is 1. The summed E-state index contributed by atoms with van der Waals surface area (Å²) in [6.07, 6.45) is 2.59. The van der Waals surface area contributed by atoms with Gasteiger partial charge in [-0.05, 0) is 37.1 Å². The fourth-order valence-electron chi connectivity index (χ4n) is 3.55. The number of carbonyl (C=O) groups excluding carboxylic acids is 1. The minimum atomic E-state index is -3.66. The summed E-state index contributed by atoms with van der Waals surface area (Å²) >= 11 is 0. The Morgan fingerprint density at radius 3 is 2.43 bits per heavy atom. The molecule has 1 aliphatic rings. The lowest BCUT2D eigenvalue weighted by Crippen LogP contribution is -2.41. The Balaban J connectivity index is 1.47. The van der Waals surface area contributed by atoms with Crippen LogP contribution in [0, 0.1) is 5.92 Å². The van der Waals surface area contributed by atoms with Crippen molar-refractivity contribution in [3.63, 3.8) is 0 Å². The number of hydrogen-bond acceptors (Lipinski definition) is 4. The van der Waals surface area contributed by atoms with Gasteiger partial charge in [0, 0.05) is 36.3 Å². The molecule has 2 aromatic carbocycles. The maximum Gasteiger partial charge on any atom is 0.245 e. The van der Waals surface area contributed by atoms with Crippen molar-refractivity contribution in [3.05, 3.63) is 66.9 Å². The zero-order valence-electron chi connectivity index (χ0n) is 15.3. The fourth-order valence-corrected chi connectivity index (χ4v) is 5.18. The van der Waals surface area contributed by atoms with Crippen LogP contribution in [0.5, 0.6) is 0 Å². The number of piperidine rings is 1. The smallest absolute Gasteiger partial charge is 0.245 e. The topological polar surface area (TPSA) is 79.4 Å². The van der Waals surface area contributed by atoms with E-state index in [1.165, 1.54) is 4.31 Å². The van der Waals surface area contributed by atoms with Crippen molar-refractivity contribution in [2.45, 2.75) is 17.7 Å². The monoisotopic (exact) mass is 395 g/mol. The second-order valence-corrected chi connectivity index (χ2v) is 8.77. The first kappa shape index (κ1) is 18.6. The SMILES string of the molecule is O=C(Nc1ccccc1)C1CCN(S(=O)(=O)c2cccc3cccnc23)CC1. The van der Waals surface area contributed by atoms with Crippen LogP contribution in [0.4, 0.5) is 5.69 Å². The summed E-state index contributed by atoms with van der Waals surface area (Å²) in [7, 11) is -3.66. The molecule has 1 aliphatic heterocycles. The van der Waals surface area contributed by atoms with Crippen molar-refractivity contribution in [2.24, 2.45) is 5.92 Å². The number of hydrogen-bond donors (Lipinski definition) is 1. The standard InChI is InChI=1S/C21H21N3O3S/c25-21(23-18-8-2-1-3-9-18)17-11-14-24(15-12-17)28(26,27)19-10-4-6-16-7-5-13-22-20(16)19/h1-10,13,17H,11-12,14-15H2,(H,23,25). The van der Waals surface area contributed by atoms with Crippen LogP contribution < -0.4 is 5.32 Å². The predicted molar refractivity (Wildman–Crippen MR) is 108 cm³/mol. The number of nitrogens with zero attached hydrogens (tertiary/aromatic N) is 2. The number of carbonyl (C=O) groups is 1. The lowest BCUT2D eigenvalue weighted by atomic mass is 9.97. The first-order valence-electron chi connectivity index (χ1n) is 9.25. The minimum absolute atomic E-state index is 0.0601. The lowest BCUT2D eigenvalue weighted by Gasteiger charge is -2.30. The van der Waals surface area contributed by atoms with Gasteiger partial charge in [0.15, 0.2) is 0 Å². The molecule has 2 heterocycles. The van der Waals surface area contributed by atoms with Crippen molar-refractivity contribution in [3.8, 4) is 0 Å². The molecular weight excluding hydrogens is 374 g/mol. The maximum atomic E-state index is 13.2. The van der Waals surface area contributed by atoms with Crippen LogP contribution in [-0.2, 0) is 14.8 Å². The summed E-state index contributed by atoms with van der Waals surface area (Å²) in [5.74, 6) is -0.257. The Morgan fingerprint density at radius 1 is 0.964 bits per heavy atom. The van der Waals surface area contributed by atoms with Crippen molar-refractivity contribution < 1.29 is 13.2 Å². The van der Waals surface area contributed by atoms with Gasteiger partial charge in [-0.3, -0.25) is 9.78 Å². The number of fused-ring (bicyclic) bond motifs is 1. The molecule has 1 fully saturated rings. The van der Waals surface area contributed by atoms with Gasteiger partial charge < -0.3 is 5.32 Å². The summed E-state index contributed by atoms with van der Waals surface area (Å²) in [5, 5.41) is 3.70. The molecule has 144 valence electrons. The Hall–Kier alpha value is -2.77. The van der Waals surface area contributed by atoms with Crippen LogP contribution in [0.1, 0.15) is 12.8 Å². The van der Waals surface area contributed by atoms with Crippen LogP contribution in [0.3, 0.4) is 0 Å². The highest BCUT2D eigenvalue weighted by Crippen LogP contribution is 2.28. The van der Waals surface area contributed by atoms with Gasteiger partial charge >= 0.3 is 0 Å². The van der Waals surface area contributed by atoms with Gasteiger partial charge in [0.05, 0.1) is 5.52 Å². The van der Waals surface area contributed by atoms with Crippen molar-refractivity contribution in [1.29, 1.82) is 0 Å². The van der Waals surface area contributed by atoms with Crippen molar-refractivity contribution >= 4 is 32.5 Å². The van der Waals surface area contributed by atoms with Gasteiger partial charge in [0.25, 0.3) is 0 Å². The predicted octanol–water partition coefficient (Wildman–Crippen LogP) is 3.27. The second kappa shape index (κ2) is 7.69. The number of sulfonamides is 1. The zero-order valence-corrected chi connectivity index (χ0v) is 16.1.